The van der Waals surface area contributed by atoms with Gasteiger partial charge in [0.05, 0.1) is 5.56 Å². The predicted molar refractivity (Wildman–Crippen MR) is 60.6 cm³/mol. The molecular formula is C12H8ClNO2. The van der Waals surface area contributed by atoms with E-state index in [-0.39, 0.29) is 0 Å². The summed E-state index contributed by atoms with van der Waals surface area (Å²) in [5, 5.41) is 0.504. The molecular weight excluding hydrogens is 226 g/mol. The fourth-order valence-electron chi connectivity index (χ4n) is 1.19. The smallest absolute Gasteiger partial charge is 0.343 e. The van der Waals surface area contributed by atoms with Crippen LogP contribution in [0.2, 0.25) is 5.02 Å². The van der Waals surface area contributed by atoms with Gasteiger partial charge >= 0.3 is 5.97 Å². The summed E-state index contributed by atoms with van der Waals surface area (Å²) in [6.45, 7) is 0. The molecule has 16 heavy (non-hydrogen) atoms. The van der Waals surface area contributed by atoms with Crippen LogP contribution >= 0.6 is 11.6 Å². The van der Waals surface area contributed by atoms with Gasteiger partial charge < -0.3 is 4.74 Å². The fourth-order valence-corrected chi connectivity index (χ4v) is 1.38. The molecule has 3 nitrogen and oxygen atoms in total. The zero-order valence-electron chi connectivity index (χ0n) is 8.26. The van der Waals surface area contributed by atoms with Gasteiger partial charge in [-0.25, -0.2) is 4.79 Å². The van der Waals surface area contributed by atoms with Gasteiger partial charge in [-0.1, -0.05) is 17.7 Å². The Hall–Kier alpha value is -1.87. The molecule has 0 saturated heterocycles. The predicted octanol–water partition coefficient (Wildman–Crippen LogP) is 2.95. The Morgan fingerprint density at radius 2 is 1.94 bits per heavy atom. The molecule has 1 aromatic heterocycles. The van der Waals surface area contributed by atoms with E-state index in [1.807, 2.05) is 0 Å². The molecule has 0 fully saturated rings. The highest BCUT2D eigenvalue weighted by Gasteiger charge is 2.08. The summed E-state index contributed by atoms with van der Waals surface area (Å²) in [5.74, 6) is 0.0219. The van der Waals surface area contributed by atoms with E-state index in [0.29, 0.717) is 16.3 Å². The summed E-state index contributed by atoms with van der Waals surface area (Å²) in [4.78, 5) is 15.5. The van der Waals surface area contributed by atoms with Crippen LogP contribution in [-0.4, -0.2) is 11.0 Å². The third-order valence-corrected chi connectivity index (χ3v) is 2.16. The van der Waals surface area contributed by atoms with Crippen LogP contribution in [0.3, 0.4) is 0 Å². The number of carbonyl (C=O) groups excluding carboxylic acids is 1. The average Bonchev–Trinajstić information content (AvgIpc) is 2.30. The summed E-state index contributed by atoms with van der Waals surface area (Å²) in [6.07, 6.45) is 3.11. The van der Waals surface area contributed by atoms with Gasteiger partial charge in [0, 0.05) is 17.4 Å². The lowest BCUT2D eigenvalue weighted by molar-refractivity contribution is 0.0734. The zero-order chi connectivity index (χ0) is 11.4. The van der Waals surface area contributed by atoms with Gasteiger partial charge in [0.25, 0.3) is 0 Å². The molecule has 4 heteroatoms. The number of nitrogens with zero attached hydrogens (tertiary/aromatic N) is 1. The second-order valence-corrected chi connectivity index (χ2v) is 3.52. The highest BCUT2D eigenvalue weighted by molar-refractivity contribution is 6.30. The molecule has 80 valence electrons. The first-order chi connectivity index (χ1) is 7.75. The average molecular weight is 234 g/mol. The molecule has 0 saturated carbocycles. The lowest BCUT2D eigenvalue weighted by Gasteiger charge is -2.03. The number of ether oxygens (including phenoxy) is 1. The molecule has 2 rings (SSSR count). The van der Waals surface area contributed by atoms with Crippen LogP contribution in [-0.2, 0) is 0 Å². The van der Waals surface area contributed by atoms with Crippen LogP contribution in [0.4, 0.5) is 0 Å². The lowest BCUT2D eigenvalue weighted by atomic mass is 10.2. The van der Waals surface area contributed by atoms with Crippen molar-refractivity contribution in [3.8, 4) is 5.75 Å². The molecule has 0 bridgehead atoms. The number of carbonyl (C=O) groups is 1. The van der Waals surface area contributed by atoms with Gasteiger partial charge in [-0.2, -0.15) is 0 Å². The lowest BCUT2D eigenvalue weighted by Crippen LogP contribution is -2.08. The van der Waals surface area contributed by atoms with E-state index in [9.17, 15) is 4.79 Å². The van der Waals surface area contributed by atoms with Crippen LogP contribution in [0.5, 0.6) is 5.75 Å². The molecule has 0 aliphatic carbocycles. The Kier molecular flexibility index (Phi) is 3.17. The van der Waals surface area contributed by atoms with E-state index in [4.69, 9.17) is 16.3 Å². The maximum absolute atomic E-state index is 11.7. The molecule has 0 aliphatic heterocycles. The molecule has 0 N–H and O–H groups in total. The number of benzene rings is 1. The van der Waals surface area contributed by atoms with Gasteiger partial charge in [-0.05, 0) is 30.3 Å². The molecule has 2 aromatic rings. The Labute approximate surface area is 97.7 Å². The van der Waals surface area contributed by atoms with Crippen molar-refractivity contribution in [2.45, 2.75) is 0 Å². The summed E-state index contributed by atoms with van der Waals surface area (Å²) in [7, 11) is 0. The van der Waals surface area contributed by atoms with E-state index in [2.05, 4.69) is 4.98 Å². The van der Waals surface area contributed by atoms with Crippen molar-refractivity contribution in [2.24, 2.45) is 0 Å². The van der Waals surface area contributed by atoms with Crippen molar-refractivity contribution in [1.29, 1.82) is 0 Å². The van der Waals surface area contributed by atoms with Crippen molar-refractivity contribution in [3.63, 3.8) is 0 Å². The molecule has 0 unspecified atom stereocenters. The molecule has 1 aromatic carbocycles. The molecule has 1 heterocycles. The largest absolute Gasteiger partial charge is 0.423 e. The zero-order valence-corrected chi connectivity index (χ0v) is 9.02. The van der Waals surface area contributed by atoms with Crippen LogP contribution in [0.25, 0.3) is 0 Å². The summed E-state index contributed by atoms with van der Waals surface area (Å²) < 4.78 is 5.12. The van der Waals surface area contributed by atoms with E-state index >= 15 is 0 Å². The van der Waals surface area contributed by atoms with Gasteiger partial charge in [0.1, 0.15) is 5.75 Å². The number of hydrogen-bond acceptors (Lipinski definition) is 3. The van der Waals surface area contributed by atoms with Gasteiger partial charge in [0.2, 0.25) is 0 Å². The number of aromatic nitrogens is 1. The molecule has 0 amide bonds. The number of halogens is 1. The van der Waals surface area contributed by atoms with Crippen LogP contribution in [0.15, 0.2) is 48.8 Å². The van der Waals surface area contributed by atoms with E-state index in [1.54, 1.807) is 48.8 Å². The second kappa shape index (κ2) is 4.77. The highest BCUT2D eigenvalue weighted by Crippen LogP contribution is 2.14. The summed E-state index contributed by atoms with van der Waals surface area (Å²) in [6, 6.07) is 9.83. The maximum Gasteiger partial charge on any atom is 0.343 e. The second-order valence-electron chi connectivity index (χ2n) is 3.08. The number of pyridine rings is 1. The van der Waals surface area contributed by atoms with E-state index in [0.717, 1.165) is 0 Å². The Morgan fingerprint density at radius 3 is 2.62 bits per heavy atom. The van der Waals surface area contributed by atoms with Crippen molar-refractivity contribution in [1.82, 2.24) is 4.98 Å². The van der Waals surface area contributed by atoms with E-state index in [1.165, 1.54) is 0 Å². The fraction of sp³-hybridized carbons (Fsp3) is 0. The van der Waals surface area contributed by atoms with Crippen LogP contribution in [0.1, 0.15) is 10.4 Å². The monoisotopic (exact) mass is 233 g/mol. The van der Waals surface area contributed by atoms with Gasteiger partial charge in [-0.15, -0.1) is 0 Å². The topological polar surface area (TPSA) is 39.2 Å². The number of rotatable bonds is 2. The maximum atomic E-state index is 11.7. The Morgan fingerprint density at radius 1 is 1.19 bits per heavy atom. The SMILES string of the molecule is O=C(Oc1ccncc1)c1cccc(Cl)c1. The summed E-state index contributed by atoms with van der Waals surface area (Å²) >= 11 is 5.77. The van der Waals surface area contributed by atoms with E-state index < -0.39 is 5.97 Å². The minimum Gasteiger partial charge on any atom is -0.423 e. The third-order valence-electron chi connectivity index (χ3n) is 1.92. The normalized spacial score (nSPS) is 9.81. The van der Waals surface area contributed by atoms with Crippen molar-refractivity contribution >= 4 is 17.6 Å². The molecule has 0 radical (unpaired) electrons. The van der Waals surface area contributed by atoms with Crippen molar-refractivity contribution in [2.75, 3.05) is 0 Å². The first kappa shape index (κ1) is 10.6. The Bertz CT molecular complexity index is 499. The first-order valence-electron chi connectivity index (χ1n) is 4.63. The van der Waals surface area contributed by atoms with Crippen molar-refractivity contribution in [3.05, 3.63) is 59.4 Å². The third kappa shape index (κ3) is 2.58. The molecule has 0 atom stereocenters. The quantitative estimate of drug-likeness (QED) is 0.749. The van der Waals surface area contributed by atoms with Gasteiger partial charge in [0.15, 0.2) is 0 Å². The Balaban J connectivity index is 2.15. The minimum atomic E-state index is -0.436. The molecule has 0 spiro atoms. The number of esters is 1. The standard InChI is InChI=1S/C12H8ClNO2/c13-10-3-1-2-9(8-10)12(15)16-11-4-6-14-7-5-11/h1-8H. The minimum absolute atomic E-state index is 0.421. The van der Waals surface area contributed by atoms with Crippen molar-refractivity contribution < 1.29 is 9.53 Å². The molecule has 0 aliphatic rings. The van der Waals surface area contributed by atoms with Crippen LogP contribution in [0, 0.1) is 0 Å². The summed E-state index contributed by atoms with van der Waals surface area (Å²) in [5.41, 5.74) is 0.421. The number of hydrogen-bond donors (Lipinski definition) is 0. The first-order valence-corrected chi connectivity index (χ1v) is 5.01. The van der Waals surface area contributed by atoms with Crippen LogP contribution < -0.4 is 4.74 Å². The van der Waals surface area contributed by atoms with Gasteiger partial charge in [-0.3, -0.25) is 4.98 Å². The highest BCUT2D eigenvalue weighted by atomic mass is 35.5.